The van der Waals surface area contributed by atoms with Gasteiger partial charge < -0.3 is 10.8 Å². The summed E-state index contributed by atoms with van der Waals surface area (Å²) in [5.74, 6) is 0.536. The summed E-state index contributed by atoms with van der Waals surface area (Å²) in [7, 11) is 0. The molecule has 1 saturated carbocycles. The van der Waals surface area contributed by atoms with Crippen LogP contribution in [0.5, 0.6) is 0 Å². The Morgan fingerprint density at radius 1 is 1.31 bits per heavy atom. The van der Waals surface area contributed by atoms with Gasteiger partial charge in [0.15, 0.2) is 0 Å². The molecule has 3 N–H and O–H groups in total. The fraction of sp³-hybridized carbons (Fsp3) is 0.818. The first-order valence-electron chi connectivity index (χ1n) is 6.10. The van der Waals surface area contributed by atoms with E-state index in [-0.39, 0.29) is 6.61 Å². The van der Waals surface area contributed by atoms with Gasteiger partial charge in [-0.25, -0.2) is 4.68 Å². The van der Waals surface area contributed by atoms with E-state index in [4.69, 9.17) is 10.8 Å². The lowest BCUT2D eigenvalue weighted by Gasteiger charge is -2.22. The summed E-state index contributed by atoms with van der Waals surface area (Å²) in [6.07, 6.45) is 6.28. The standard InChI is InChI=1S/C11H20N4O/c12-8-10-11(9-4-2-1-3-5-9)15(6-7-16)14-13-10/h9,16H,1-8,12H2. The molecule has 1 aliphatic rings. The van der Waals surface area contributed by atoms with Crippen molar-refractivity contribution in [2.45, 2.75) is 51.1 Å². The minimum Gasteiger partial charge on any atom is -0.394 e. The van der Waals surface area contributed by atoms with Crippen molar-refractivity contribution in [1.29, 1.82) is 0 Å². The maximum absolute atomic E-state index is 9.00. The highest BCUT2D eigenvalue weighted by atomic mass is 16.3. The highest BCUT2D eigenvalue weighted by Crippen LogP contribution is 2.33. The van der Waals surface area contributed by atoms with Crippen molar-refractivity contribution in [3.05, 3.63) is 11.4 Å². The van der Waals surface area contributed by atoms with Crippen molar-refractivity contribution in [3.8, 4) is 0 Å². The average molecular weight is 224 g/mol. The Labute approximate surface area is 95.6 Å². The third-order valence-electron chi connectivity index (χ3n) is 3.34. The molecular weight excluding hydrogens is 204 g/mol. The normalized spacial score (nSPS) is 17.9. The van der Waals surface area contributed by atoms with E-state index in [2.05, 4.69) is 10.3 Å². The summed E-state index contributed by atoms with van der Waals surface area (Å²) in [6, 6.07) is 0. The summed E-state index contributed by atoms with van der Waals surface area (Å²) in [4.78, 5) is 0. The predicted octanol–water partition coefficient (Wildman–Crippen LogP) is 0.777. The highest BCUT2D eigenvalue weighted by Gasteiger charge is 2.23. The molecule has 1 heterocycles. The SMILES string of the molecule is NCc1nnn(CCO)c1C1CCCCC1. The van der Waals surface area contributed by atoms with E-state index in [1.807, 2.05) is 4.68 Å². The first kappa shape index (κ1) is 11.5. The van der Waals surface area contributed by atoms with Gasteiger partial charge in [-0.2, -0.15) is 0 Å². The smallest absolute Gasteiger partial charge is 0.0997 e. The fourth-order valence-corrected chi connectivity index (χ4v) is 2.58. The van der Waals surface area contributed by atoms with Gasteiger partial charge in [0.05, 0.1) is 24.5 Å². The zero-order chi connectivity index (χ0) is 11.4. The second kappa shape index (κ2) is 5.41. The van der Waals surface area contributed by atoms with E-state index in [9.17, 15) is 0 Å². The van der Waals surface area contributed by atoms with Gasteiger partial charge in [-0.15, -0.1) is 5.10 Å². The number of hydrogen-bond donors (Lipinski definition) is 2. The Morgan fingerprint density at radius 3 is 2.69 bits per heavy atom. The Balaban J connectivity index is 2.23. The molecular formula is C11H20N4O. The molecule has 0 aliphatic heterocycles. The summed E-state index contributed by atoms with van der Waals surface area (Å²) < 4.78 is 1.83. The third kappa shape index (κ3) is 2.25. The zero-order valence-electron chi connectivity index (χ0n) is 9.60. The lowest BCUT2D eigenvalue weighted by Crippen LogP contribution is -2.16. The zero-order valence-corrected chi connectivity index (χ0v) is 9.60. The number of rotatable bonds is 4. The van der Waals surface area contributed by atoms with Crippen LogP contribution in [-0.2, 0) is 13.1 Å². The summed E-state index contributed by atoms with van der Waals surface area (Å²) in [5, 5.41) is 17.2. The van der Waals surface area contributed by atoms with E-state index in [1.165, 1.54) is 32.1 Å². The Hall–Kier alpha value is -0.940. The van der Waals surface area contributed by atoms with Gasteiger partial charge in [0, 0.05) is 12.5 Å². The molecule has 1 aromatic rings. The summed E-state index contributed by atoms with van der Waals surface area (Å²) >= 11 is 0. The van der Waals surface area contributed by atoms with E-state index >= 15 is 0 Å². The number of aliphatic hydroxyl groups excluding tert-OH is 1. The molecule has 0 spiro atoms. The quantitative estimate of drug-likeness (QED) is 0.792. The molecule has 0 radical (unpaired) electrons. The highest BCUT2D eigenvalue weighted by molar-refractivity contribution is 5.16. The predicted molar refractivity (Wildman–Crippen MR) is 60.8 cm³/mol. The topological polar surface area (TPSA) is 77.0 Å². The largest absolute Gasteiger partial charge is 0.394 e. The minimum atomic E-state index is 0.104. The van der Waals surface area contributed by atoms with Gasteiger partial charge in [0.1, 0.15) is 0 Å². The molecule has 0 saturated heterocycles. The number of nitrogens with two attached hydrogens (primary N) is 1. The Morgan fingerprint density at radius 2 is 2.06 bits per heavy atom. The van der Waals surface area contributed by atoms with E-state index < -0.39 is 0 Å². The molecule has 1 fully saturated rings. The van der Waals surface area contributed by atoms with Crippen LogP contribution in [0.3, 0.4) is 0 Å². The van der Waals surface area contributed by atoms with Crippen LogP contribution in [-0.4, -0.2) is 26.7 Å². The summed E-state index contributed by atoms with van der Waals surface area (Å²) in [6.45, 7) is 1.07. The molecule has 16 heavy (non-hydrogen) atoms. The van der Waals surface area contributed by atoms with Crippen molar-refractivity contribution in [1.82, 2.24) is 15.0 Å². The van der Waals surface area contributed by atoms with Crippen LogP contribution in [0.25, 0.3) is 0 Å². The van der Waals surface area contributed by atoms with Crippen molar-refractivity contribution >= 4 is 0 Å². The van der Waals surface area contributed by atoms with Gasteiger partial charge in [0.2, 0.25) is 0 Å². The molecule has 2 rings (SSSR count). The Bertz CT molecular complexity index is 331. The molecule has 1 aliphatic carbocycles. The van der Waals surface area contributed by atoms with Gasteiger partial charge in [-0.3, -0.25) is 0 Å². The number of hydrogen-bond acceptors (Lipinski definition) is 4. The summed E-state index contributed by atoms with van der Waals surface area (Å²) in [5.41, 5.74) is 7.75. The van der Waals surface area contributed by atoms with Crippen LogP contribution in [0.2, 0.25) is 0 Å². The van der Waals surface area contributed by atoms with Gasteiger partial charge >= 0.3 is 0 Å². The van der Waals surface area contributed by atoms with Crippen LogP contribution >= 0.6 is 0 Å². The molecule has 1 aromatic heterocycles. The van der Waals surface area contributed by atoms with E-state index in [0.29, 0.717) is 19.0 Å². The molecule has 0 bridgehead atoms. The molecule has 0 amide bonds. The number of aliphatic hydroxyl groups is 1. The molecule has 5 heteroatoms. The maximum atomic E-state index is 9.00. The first-order chi connectivity index (χ1) is 7.86. The lowest BCUT2D eigenvalue weighted by atomic mass is 9.86. The Kier molecular flexibility index (Phi) is 3.90. The van der Waals surface area contributed by atoms with Crippen molar-refractivity contribution in [2.24, 2.45) is 5.73 Å². The third-order valence-corrected chi connectivity index (χ3v) is 3.34. The fourth-order valence-electron chi connectivity index (χ4n) is 2.58. The van der Waals surface area contributed by atoms with Gasteiger partial charge in [0.25, 0.3) is 0 Å². The van der Waals surface area contributed by atoms with Crippen molar-refractivity contribution in [2.75, 3.05) is 6.61 Å². The first-order valence-corrected chi connectivity index (χ1v) is 6.10. The molecule has 90 valence electrons. The van der Waals surface area contributed by atoms with Crippen molar-refractivity contribution < 1.29 is 5.11 Å². The molecule has 0 atom stereocenters. The van der Waals surface area contributed by atoms with Crippen LogP contribution in [0.4, 0.5) is 0 Å². The number of nitrogens with zero attached hydrogens (tertiary/aromatic N) is 3. The molecule has 0 aromatic carbocycles. The lowest BCUT2D eigenvalue weighted by molar-refractivity contribution is 0.262. The molecule has 5 nitrogen and oxygen atoms in total. The van der Waals surface area contributed by atoms with Crippen LogP contribution in [0.15, 0.2) is 0 Å². The second-order valence-corrected chi connectivity index (χ2v) is 4.41. The van der Waals surface area contributed by atoms with Crippen LogP contribution in [0, 0.1) is 0 Å². The van der Waals surface area contributed by atoms with E-state index in [0.717, 1.165) is 11.4 Å². The average Bonchev–Trinajstić information content (AvgIpc) is 2.74. The maximum Gasteiger partial charge on any atom is 0.0997 e. The van der Waals surface area contributed by atoms with Crippen LogP contribution in [0.1, 0.15) is 49.4 Å². The molecule has 0 unspecified atom stereocenters. The van der Waals surface area contributed by atoms with Gasteiger partial charge in [-0.05, 0) is 12.8 Å². The minimum absolute atomic E-state index is 0.104. The second-order valence-electron chi connectivity index (χ2n) is 4.41. The van der Waals surface area contributed by atoms with Crippen LogP contribution < -0.4 is 5.73 Å². The number of aromatic nitrogens is 3. The van der Waals surface area contributed by atoms with E-state index in [1.54, 1.807) is 0 Å². The van der Waals surface area contributed by atoms with Gasteiger partial charge in [-0.1, -0.05) is 24.5 Å². The monoisotopic (exact) mass is 224 g/mol. The van der Waals surface area contributed by atoms with Crippen molar-refractivity contribution in [3.63, 3.8) is 0 Å².